The van der Waals surface area contributed by atoms with Crippen LogP contribution in [0.1, 0.15) is 54.1 Å². The van der Waals surface area contributed by atoms with Crippen LogP contribution in [-0.4, -0.2) is 41.0 Å². The number of likely N-dealkylation sites (N-methyl/N-ethyl adjacent to an activating group) is 1. The molecule has 3 nitrogen and oxygen atoms in total. The zero-order valence-corrected chi connectivity index (χ0v) is 13.6. The van der Waals surface area contributed by atoms with Crippen molar-refractivity contribution in [2.24, 2.45) is 0 Å². The highest BCUT2D eigenvalue weighted by Crippen LogP contribution is 2.25. The second-order valence-corrected chi connectivity index (χ2v) is 6.44. The number of aliphatic hydroxyl groups is 1. The van der Waals surface area contributed by atoms with Gasteiger partial charge in [-0.25, -0.2) is 0 Å². The number of Topliss-reactive ketones (excluding diaryl/α,β-unsaturated/α-hetero) is 1. The van der Waals surface area contributed by atoms with Crippen LogP contribution >= 0.6 is 0 Å². The summed E-state index contributed by atoms with van der Waals surface area (Å²) in [5, 5.41) is 10.2. The highest BCUT2D eigenvalue weighted by molar-refractivity contribution is 6.01. The third-order valence-electron chi connectivity index (χ3n) is 4.87. The summed E-state index contributed by atoms with van der Waals surface area (Å²) in [5.74, 6) is 0.150. The van der Waals surface area contributed by atoms with Gasteiger partial charge in [0, 0.05) is 11.6 Å². The first-order chi connectivity index (χ1) is 9.91. The van der Waals surface area contributed by atoms with Crippen molar-refractivity contribution in [3.8, 4) is 0 Å². The Morgan fingerprint density at radius 1 is 1.29 bits per heavy atom. The fourth-order valence-corrected chi connectivity index (χ4v) is 3.27. The molecule has 1 aliphatic rings. The molecule has 21 heavy (non-hydrogen) atoms. The van der Waals surface area contributed by atoms with Crippen molar-refractivity contribution in [1.82, 2.24) is 4.90 Å². The summed E-state index contributed by atoms with van der Waals surface area (Å²) in [4.78, 5) is 14.8. The first kappa shape index (κ1) is 16.2. The molecular weight excluding hydrogens is 262 g/mol. The summed E-state index contributed by atoms with van der Waals surface area (Å²) in [7, 11) is 1.97. The van der Waals surface area contributed by atoms with Crippen molar-refractivity contribution in [3.63, 3.8) is 0 Å². The third-order valence-corrected chi connectivity index (χ3v) is 4.87. The molecule has 3 unspecified atom stereocenters. The van der Waals surface area contributed by atoms with Gasteiger partial charge in [0.05, 0.1) is 12.1 Å². The predicted octanol–water partition coefficient (Wildman–Crippen LogP) is 3.11. The molecule has 0 radical (unpaired) electrons. The molecule has 3 heteroatoms. The second kappa shape index (κ2) is 6.71. The quantitative estimate of drug-likeness (QED) is 0.866. The SMILES string of the molecule is Cc1ccc(C)c(C(=O)C(C)N(C)C2CCCCC2O)c1. The minimum Gasteiger partial charge on any atom is -0.391 e. The van der Waals surface area contributed by atoms with Gasteiger partial charge in [-0.05, 0) is 52.3 Å². The van der Waals surface area contributed by atoms with Crippen molar-refractivity contribution >= 4 is 5.78 Å². The Labute approximate surface area is 128 Å². The van der Waals surface area contributed by atoms with Crippen LogP contribution in [0.5, 0.6) is 0 Å². The van der Waals surface area contributed by atoms with Gasteiger partial charge in [-0.1, -0.05) is 30.5 Å². The lowest BCUT2D eigenvalue weighted by Crippen LogP contribution is -2.49. The van der Waals surface area contributed by atoms with Gasteiger partial charge in [-0.15, -0.1) is 0 Å². The summed E-state index contributed by atoms with van der Waals surface area (Å²) < 4.78 is 0. The van der Waals surface area contributed by atoms with Gasteiger partial charge in [0.1, 0.15) is 0 Å². The molecule has 0 heterocycles. The van der Waals surface area contributed by atoms with Crippen LogP contribution in [0.4, 0.5) is 0 Å². The van der Waals surface area contributed by atoms with E-state index in [0.717, 1.165) is 42.4 Å². The minimum atomic E-state index is -0.308. The van der Waals surface area contributed by atoms with E-state index < -0.39 is 0 Å². The number of carbonyl (C=O) groups excluding carboxylic acids is 1. The number of aryl methyl sites for hydroxylation is 2. The number of rotatable bonds is 4. The van der Waals surface area contributed by atoms with Crippen LogP contribution in [0.25, 0.3) is 0 Å². The second-order valence-electron chi connectivity index (χ2n) is 6.44. The van der Waals surface area contributed by atoms with E-state index in [9.17, 15) is 9.90 Å². The Morgan fingerprint density at radius 2 is 1.95 bits per heavy atom. The van der Waals surface area contributed by atoms with Gasteiger partial charge in [0.15, 0.2) is 5.78 Å². The lowest BCUT2D eigenvalue weighted by atomic mass is 9.89. The monoisotopic (exact) mass is 289 g/mol. The van der Waals surface area contributed by atoms with Crippen molar-refractivity contribution in [2.75, 3.05) is 7.05 Å². The predicted molar refractivity (Wildman–Crippen MR) is 85.7 cm³/mol. The molecule has 1 fully saturated rings. The lowest BCUT2D eigenvalue weighted by molar-refractivity contribution is 0.0170. The van der Waals surface area contributed by atoms with Crippen molar-refractivity contribution in [2.45, 2.75) is 64.6 Å². The highest BCUT2D eigenvalue weighted by atomic mass is 16.3. The number of carbonyl (C=O) groups is 1. The van der Waals surface area contributed by atoms with Crippen LogP contribution in [0.15, 0.2) is 18.2 Å². The Kier molecular flexibility index (Phi) is 5.17. The summed E-state index contributed by atoms with van der Waals surface area (Å²) in [6, 6.07) is 5.90. The van der Waals surface area contributed by atoms with Crippen LogP contribution < -0.4 is 0 Å². The molecule has 3 atom stereocenters. The number of benzene rings is 1. The van der Waals surface area contributed by atoms with Crippen molar-refractivity contribution < 1.29 is 9.90 Å². The zero-order valence-electron chi connectivity index (χ0n) is 13.6. The molecule has 1 aliphatic carbocycles. The van der Waals surface area contributed by atoms with E-state index in [1.54, 1.807) is 0 Å². The molecule has 0 bridgehead atoms. The maximum Gasteiger partial charge on any atom is 0.179 e. The van der Waals surface area contributed by atoms with E-state index in [-0.39, 0.29) is 24.0 Å². The average molecular weight is 289 g/mol. The van der Waals surface area contributed by atoms with Crippen LogP contribution in [-0.2, 0) is 0 Å². The standard InChI is InChI=1S/C18H27NO2/c1-12-9-10-13(2)15(11-12)18(21)14(3)19(4)16-7-5-6-8-17(16)20/h9-11,14,16-17,20H,5-8H2,1-4H3. The van der Waals surface area contributed by atoms with Crippen LogP contribution in [0, 0.1) is 13.8 Å². The minimum absolute atomic E-state index is 0.0998. The maximum atomic E-state index is 12.8. The number of hydrogen-bond acceptors (Lipinski definition) is 3. The van der Waals surface area contributed by atoms with Crippen LogP contribution in [0.2, 0.25) is 0 Å². The molecule has 0 spiro atoms. The first-order valence-corrected chi connectivity index (χ1v) is 7.93. The van der Waals surface area contributed by atoms with Gasteiger partial charge < -0.3 is 5.11 Å². The highest BCUT2D eigenvalue weighted by Gasteiger charge is 2.32. The van der Waals surface area contributed by atoms with E-state index >= 15 is 0 Å². The van der Waals surface area contributed by atoms with Crippen molar-refractivity contribution in [1.29, 1.82) is 0 Å². The van der Waals surface area contributed by atoms with Crippen LogP contribution in [0.3, 0.4) is 0 Å². The molecule has 0 aromatic heterocycles. The van der Waals surface area contributed by atoms with Gasteiger partial charge >= 0.3 is 0 Å². The van der Waals surface area contributed by atoms with E-state index in [0.29, 0.717) is 0 Å². The number of aliphatic hydroxyl groups excluding tert-OH is 1. The van der Waals surface area contributed by atoms with E-state index in [4.69, 9.17) is 0 Å². The third kappa shape index (κ3) is 3.53. The summed E-state index contributed by atoms with van der Waals surface area (Å²) in [5.41, 5.74) is 2.94. The number of ketones is 1. The Balaban J connectivity index is 2.16. The van der Waals surface area contributed by atoms with E-state index in [2.05, 4.69) is 4.90 Å². The summed E-state index contributed by atoms with van der Waals surface area (Å²) in [6.45, 7) is 5.94. The Bertz CT molecular complexity index is 512. The molecule has 1 aromatic carbocycles. The number of hydrogen-bond donors (Lipinski definition) is 1. The normalized spacial score (nSPS) is 24.1. The molecule has 0 amide bonds. The topological polar surface area (TPSA) is 40.5 Å². The van der Waals surface area contributed by atoms with E-state index in [1.165, 1.54) is 0 Å². The molecule has 0 aliphatic heterocycles. The largest absolute Gasteiger partial charge is 0.391 e. The molecule has 1 aromatic rings. The summed E-state index contributed by atoms with van der Waals surface area (Å²) >= 11 is 0. The molecule has 1 saturated carbocycles. The molecule has 2 rings (SSSR count). The molecule has 1 N–H and O–H groups in total. The fourth-order valence-electron chi connectivity index (χ4n) is 3.27. The molecular formula is C18H27NO2. The smallest absolute Gasteiger partial charge is 0.179 e. The lowest BCUT2D eigenvalue weighted by Gasteiger charge is -2.38. The van der Waals surface area contributed by atoms with Gasteiger partial charge in [-0.3, -0.25) is 9.69 Å². The zero-order chi connectivity index (χ0) is 15.6. The fraction of sp³-hybridized carbons (Fsp3) is 0.611. The van der Waals surface area contributed by atoms with Gasteiger partial charge in [0.25, 0.3) is 0 Å². The van der Waals surface area contributed by atoms with Gasteiger partial charge in [0.2, 0.25) is 0 Å². The van der Waals surface area contributed by atoms with E-state index in [1.807, 2.05) is 46.0 Å². The molecule has 0 saturated heterocycles. The number of nitrogens with zero attached hydrogens (tertiary/aromatic N) is 1. The summed E-state index contributed by atoms with van der Waals surface area (Å²) in [6.07, 6.45) is 3.74. The Hall–Kier alpha value is -1.19. The Morgan fingerprint density at radius 3 is 2.62 bits per heavy atom. The van der Waals surface area contributed by atoms with Gasteiger partial charge in [-0.2, -0.15) is 0 Å². The average Bonchev–Trinajstić information content (AvgIpc) is 2.48. The molecule has 116 valence electrons. The maximum absolute atomic E-state index is 12.8. The first-order valence-electron chi connectivity index (χ1n) is 7.93. The van der Waals surface area contributed by atoms with Crippen molar-refractivity contribution in [3.05, 3.63) is 34.9 Å².